The van der Waals surface area contributed by atoms with Gasteiger partial charge in [0.05, 0.1) is 6.54 Å². The third kappa shape index (κ3) is 6.84. The summed E-state index contributed by atoms with van der Waals surface area (Å²) in [5, 5.41) is 7.94. The number of hydrogen-bond donors (Lipinski definition) is 2. The molecule has 1 unspecified atom stereocenters. The predicted molar refractivity (Wildman–Crippen MR) is 115 cm³/mol. The number of halogens is 1. The molecule has 1 aliphatic rings. The van der Waals surface area contributed by atoms with E-state index in [1.165, 1.54) is 37.2 Å². The molecule has 0 amide bonds. The van der Waals surface area contributed by atoms with Crippen LogP contribution in [0.3, 0.4) is 0 Å². The molecule has 0 saturated carbocycles. The Morgan fingerprint density at radius 2 is 2.04 bits per heavy atom. The zero-order chi connectivity index (χ0) is 16.5. The molecule has 2 N–H and O–H groups in total. The number of guanidine groups is 1. The largest absolute Gasteiger partial charge is 0.357 e. The summed E-state index contributed by atoms with van der Waals surface area (Å²) in [6, 6.07) is 0.605. The fraction of sp³-hybridized carbons (Fsp3) is 0.765. The van der Waals surface area contributed by atoms with E-state index < -0.39 is 0 Å². The molecule has 2 heterocycles. The fourth-order valence-electron chi connectivity index (χ4n) is 2.93. The first-order chi connectivity index (χ1) is 11.3. The van der Waals surface area contributed by atoms with E-state index in [9.17, 15) is 0 Å². The smallest absolute Gasteiger partial charge is 0.191 e. The van der Waals surface area contributed by atoms with Gasteiger partial charge in [-0.05, 0) is 45.7 Å². The van der Waals surface area contributed by atoms with Crippen LogP contribution in [0.4, 0.5) is 0 Å². The zero-order valence-corrected chi connectivity index (χ0v) is 18.3. The molecule has 1 aromatic rings. The Balaban J connectivity index is 0.00000288. The lowest BCUT2D eigenvalue weighted by molar-refractivity contribution is 0.236. The van der Waals surface area contributed by atoms with Crippen LogP contribution in [0.1, 0.15) is 49.9 Å². The standard InChI is InChI=1S/C17H31N5S.HI/c1-4-14(22-9-7-8-10-22)11-20-17(18-6-3)21-13-16-19-12-15(5-2)23-16;/h12,14H,4-11,13H2,1-3H3,(H2,18,20,21);1H. The number of nitrogens with zero attached hydrogens (tertiary/aromatic N) is 3. The summed E-state index contributed by atoms with van der Waals surface area (Å²) in [7, 11) is 0. The van der Waals surface area contributed by atoms with Crippen LogP contribution in [-0.4, -0.2) is 48.1 Å². The van der Waals surface area contributed by atoms with Crippen LogP contribution in [0, 0.1) is 0 Å². The minimum atomic E-state index is 0. The maximum absolute atomic E-state index is 4.69. The topological polar surface area (TPSA) is 52.6 Å². The molecule has 0 aliphatic carbocycles. The Kier molecular flexibility index (Phi) is 10.8. The minimum Gasteiger partial charge on any atom is -0.357 e. The van der Waals surface area contributed by atoms with Gasteiger partial charge in [0.2, 0.25) is 0 Å². The lowest BCUT2D eigenvalue weighted by Gasteiger charge is -2.27. The van der Waals surface area contributed by atoms with Crippen molar-refractivity contribution in [2.24, 2.45) is 4.99 Å². The van der Waals surface area contributed by atoms with Gasteiger partial charge in [0.1, 0.15) is 5.01 Å². The number of aromatic nitrogens is 1. The van der Waals surface area contributed by atoms with E-state index >= 15 is 0 Å². The van der Waals surface area contributed by atoms with E-state index in [1.54, 1.807) is 11.3 Å². The molecule has 0 spiro atoms. The van der Waals surface area contributed by atoms with Gasteiger partial charge in [-0.1, -0.05) is 13.8 Å². The summed E-state index contributed by atoms with van der Waals surface area (Å²) in [5.74, 6) is 0.901. The molecule has 138 valence electrons. The average molecular weight is 465 g/mol. The van der Waals surface area contributed by atoms with Crippen LogP contribution < -0.4 is 10.6 Å². The van der Waals surface area contributed by atoms with E-state index in [0.717, 1.165) is 30.5 Å². The molecule has 0 bridgehead atoms. The maximum atomic E-state index is 4.69. The van der Waals surface area contributed by atoms with E-state index in [0.29, 0.717) is 12.6 Å². The van der Waals surface area contributed by atoms with Crippen molar-refractivity contribution in [3.8, 4) is 0 Å². The van der Waals surface area contributed by atoms with E-state index in [2.05, 4.69) is 46.3 Å². The molecular formula is C17H32IN5S. The molecule has 1 saturated heterocycles. The SMILES string of the molecule is CCNC(=NCc1ncc(CC)s1)NCC(CC)N1CCCC1.I. The molecule has 1 fully saturated rings. The summed E-state index contributed by atoms with van der Waals surface area (Å²) in [6.07, 6.45) is 6.88. The van der Waals surface area contributed by atoms with Crippen molar-refractivity contribution in [1.82, 2.24) is 20.5 Å². The summed E-state index contributed by atoms with van der Waals surface area (Å²) in [4.78, 5) is 13.1. The Bertz CT molecular complexity index is 485. The summed E-state index contributed by atoms with van der Waals surface area (Å²) in [5.41, 5.74) is 0. The molecular weight excluding hydrogens is 433 g/mol. The summed E-state index contributed by atoms with van der Waals surface area (Å²) < 4.78 is 0. The molecule has 0 aromatic carbocycles. The van der Waals surface area contributed by atoms with Crippen molar-refractivity contribution in [3.63, 3.8) is 0 Å². The van der Waals surface area contributed by atoms with E-state index in [1.807, 2.05) is 6.20 Å². The minimum absolute atomic E-state index is 0. The fourth-order valence-corrected chi connectivity index (χ4v) is 3.71. The normalized spacial score (nSPS) is 16.7. The van der Waals surface area contributed by atoms with Gasteiger partial charge in [0.15, 0.2) is 5.96 Å². The zero-order valence-electron chi connectivity index (χ0n) is 15.2. The number of nitrogens with one attached hydrogen (secondary N) is 2. The van der Waals surface area contributed by atoms with Crippen molar-refractivity contribution in [3.05, 3.63) is 16.1 Å². The second-order valence-corrected chi connectivity index (χ2v) is 7.15. The first-order valence-electron chi connectivity index (χ1n) is 8.96. The molecule has 7 heteroatoms. The van der Waals surface area contributed by atoms with Crippen molar-refractivity contribution < 1.29 is 0 Å². The van der Waals surface area contributed by atoms with Gasteiger partial charge in [0, 0.05) is 30.2 Å². The molecule has 24 heavy (non-hydrogen) atoms. The predicted octanol–water partition coefficient (Wildman–Crippen LogP) is 3.25. The van der Waals surface area contributed by atoms with Gasteiger partial charge in [-0.25, -0.2) is 9.98 Å². The molecule has 5 nitrogen and oxygen atoms in total. The quantitative estimate of drug-likeness (QED) is 0.352. The molecule has 1 aliphatic heterocycles. The third-order valence-corrected chi connectivity index (χ3v) is 5.43. The van der Waals surface area contributed by atoms with E-state index in [4.69, 9.17) is 0 Å². The van der Waals surface area contributed by atoms with Crippen molar-refractivity contribution in [1.29, 1.82) is 0 Å². The van der Waals surface area contributed by atoms with Gasteiger partial charge < -0.3 is 10.6 Å². The van der Waals surface area contributed by atoms with Crippen LogP contribution in [0.25, 0.3) is 0 Å². The number of aliphatic imine (C=N–C) groups is 1. The number of thiazole rings is 1. The first-order valence-corrected chi connectivity index (χ1v) is 9.78. The lowest BCUT2D eigenvalue weighted by atomic mass is 10.2. The monoisotopic (exact) mass is 465 g/mol. The molecule has 2 rings (SSSR count). The average Bonchev–Trinajstić information content (AvgIpc) is 3.24. The number of likely N-dealkylation sites (tertiary alicyclic amines) is 1. The third-order valence-electron chi connectivity index (χ3n) is 4.30. The summed E-state index contributed by atoms with van der Waals surface area (Å²) in [6.45, 7) is 11.5. The highest BCUT2D eigenvalue weighted by Gasteiger charge is 2.20. The maximum Gasteiger partial charge on any atom is 0.191 e. The van der Waals surface area contributed by atoms with Gasteiger partial charge in [-0.3, -0.25) is 4.90 Å². The number of hydrogen-bond acceptors (Lipinski definition) is 4. The van der Waals surface area contributed by atoms with Crippen LogP contribution in [0.5, 0.6) is 0 Å². The molecule has 0 radical (unpaired) electrons. The first kappa shape index (κ1) is 21.6. The van der Waals surface area contributed by atoms with Crippen molar-refractivity contribution in [2.75, 3.05) is 26.2 Å². The van der Waals surface area contributed by atoms with Gasteiger partial charge in [-0.2, -0.15) is 0 Å². The summed E-state index contributed by atoms with van der Waals surface area (Å²) >= 11 is 1.76. The molecule has 1 atom stereocenters. The van der Waals surface area contributed by atoms with Gasteiger partial charge in [-0.15, -0.1) is 35.3 Å². The van der Waals surface area contributed by atoms with E-state index in [-0.39, 0.29) is 24.0 Å². The Hall–Kier alpha value is -0.410. The second kappa shape index (κ2) is 12.0. The van der Waals surface area contributed by atoms with Crippen LogP contribution >= 0.6 is 35.3 Å². The Morgan fingerprint density at radius 3 is 2.62 bits per heavy atom. The number of aryl methyl sites for hydroxylation is 1. The number of rotatable bonds is 8. The van der Waals surface area contributed by atoms with Crippen molar-refractivity contribution in [2.45, 2.75) is 59.0 Å². The van der Waals surface area contributed by atoms with Crippen LogP contribution in [-0.2, 0) is 13.0 Å². The van der Waals surface area contributed by atoms with Gasteiger partial charge >= 0.3 is 0 Å². The molecule has 1 aromatic heterocycles. The second-order valence-electron chi connectivity index (χ2n) is 5.96. The highest BCUT2D eigenvalue weighted by atomic mass is 127. The van der Waals surface area contributed by atoms with Crippen LogP contribution in [0.15, 0.2) is 11.2 Å². The highest BCUT2D eigenvalue weighted by molar-refractivity contribution is 14.0. The Labute approximate surface area is 167 Å². The highest BCUT2D eigenvalue weighted by Crippen LogP contribution is 2.14. The van der Waals surface area contributed by atoms with Crippen molar-refractivity contribution >= 4 is 41.3 Å². The van der Waals surface area contributed by atoms with Gasteiger partial charge in [0.25, 0.3) is 0 Å². The van der Waals surface area contributed by atoms with Crippen LogP contribution in [0.2, 0.25) is 0 Å². The Morgan fingerprint density at radius 1 is 1.29 bits per heavy atom. The lowest BCUT2D eigenvalue weighted by Crippen LogP contribution is -2.46.